The minimum absolute atomic E-state index is 0.0173. The van der Waals surface area contributed by atoms with Gasteiger partial charge in [-0.05, 0) is 25.0 Å². The van der Waals surface area contributed by atoms with E-state index >= 15 is 0 Å². The fourth-order valence-corrected chi connectivity index (χ4v) is 5.52. The Balaban J connectivity index is 1.81. The third kappa shape index (κ3) is 2.77. The van der Waals surface area contributed by atoms with E-state index in [2.05, 4.69) is 6.07 Å². The van der Waals surface area contributed by atoms with Crippen molar-refractivity contribution in [3.63, 3.8) is 0 Å². The van der Waals surface area contributed by atoms with Crippen molar-refractivity contribution in [2.75, 3.05) is 19.0 Å². The summed E-state index contributed by atoms with van der Waals surface area (Å²) in [5.74, 6) is -0.945. The van der Waals surface area contributed by atoms with Crippen LogP contribution in [0.3, 0.4) is 0 Å². The number of para-hydroxylation sites is 1. The van der Waals surface area contributed by atoms with Gasteiger partial charge in [0.25, 0.3) is 0 Å². The summed E-state index contributed by atoms with van der Waals surface area (Å²) in [6.07, 6.45) is 1.45. The number of hydrazine groups is 1. The van der Waals surface area contributed by atoms with E-state index < -0.39 is 17.1 Å². The Bertz CT molecular complexity index is 1340. The molecule has 2 N–H and O–H groups in total. The highest BCUT2D eigenvalue weighted by molar-refractivity contribution is 6.20. The number of ketones is 1. The lowest BCUT2D eigenvalue weighted by atomic mass is 9.64. The minimum Gasteiger partial charge on any atom is -0.383 e. The molecule has 2 aromatic rings. The molecule has 5 rings (SSSR count). The number of hydrogen-bond donors (Lipinski definition) is 1. The van der Waals surface area contributed by atoms with Crippen LogP contribution >= 0.6 is 0 Å². The van der Waals surface area contributed by atoms with E-state index in [1.165, 1.54) is 11.0 Å². The highest BCUT2D eigenvalue weighted by Crippen LogP contribution is 2.56. The quantitative estimate of drug-likeness (QED) is 0.761. The lowest BCUT2D eigenvalue weighted by Crippen LogP contribution is -2.54. The molecule has 0 fully saturated rings. The predicted octanol–water partition coefficient (Wildman–Crippen LogP) is 3.10. The molecule has 7 nitrogen and oxygen atoms in total. The number of hydrogen-bond acceptors (Lipinski definition) is 6. The van der Waals surface area contributed by atoms with Gasteiger partial charge in [0, 0.05) is 48.6 Å². The molecule has 0 radical (unpaired) electrons. The molecule has 8 heteroatoms. The lowest BCUT2D eigenvalue weighted by molar-refractivity contribution is -0.124. The Morgan fingerprint density at radius 2 is 1.82 bits per heavy atom. The Morgan fingerprint density at radius 3 is 2.53 bits per heavy atom. The van der Waals surface area contributed by atoms with Gasteiger partial charge in [0.1, 0.15) is 23.1 Å². The van der Waals surface area contributed by atoms with Gasteiger partial charge < -0.3 is 10.6 Å². The van der Waals surface area contributed by atoms with E-state index in [9.17, 15) is 19.2 Å². The summed E-state index contributed by atoms with van der Waals surface area (Å²) in [6.45, 7) is -0.0307. The number of nitriles is 1. The number of nitrogens with zero attached hydrogens (tertiary/aromatic N) is 4. The van der Waals surface area contributed by atoms with Crippen molar-refractivity contribution in [2.24, 2.45) is 5.73 Å². The molecule has 1 amide bonds. The first-order valence-electron chi connectivity index (χ1n) is 11.1. The van der Waals surface area contributed by atoms with E-state index in [0.717, 1.165) is 0 Å². The van der Waals surface area contributed by atoms with Crippen LogP contribution in [-0.4, -0.2) is 35.8 Å². The molecule has 0 bridgehead atoms. The summed E-state index contributed by atoms with van der Waals surface area (Å²) < 4.78 is 14.6. The van der Waals surface area contributed by atoms with Crippen LogP contribution in [0.4, 0.5) is 10.1 Å². The van der Waals surface area contributed by atoms with Crippen molar-refractivity contribution >= 4 is 17.4 Å². The van der Waals surface area contributed by atoms with Crippen LogP contribution in [0.5, 0.6) is 0 Å². The highest BCUT2D eigenvalue weighted by Gasteiger charge is 2.62. The maximum absolute atomic E-state index is 14.6. The molecule has 2 aromatic carbocycles. The highest BCUT2D eigenvalue weighted by atomic mass is 19.1. The zero-order valence-corrected chi connectivity index (χ0v) is 19.0. The summed E-state index contributed by atoms with van der Waals surface area (Å²) in [5, 5.41) is 13.7. The maximum Gasteiger partial charge on any atom is 0.248 e. The van der Waals surface area contributed by atoms with Gasteiger partial charge in [-0.2, -0.15) is 5.26 Å². The number of anilines is 1. The number of nitrogens with two attached hydrogens (primary N) is 1. The van der Waals surface area contributed by atoms with Crippen LogP contribution in [0.1, 0.15) is 30.4 Å². The number of amides is 1. The fourth-order valence-electron chi connectivity index (χ4n) is 5.52. The molecule has 1 atom stereocenters. The zero-order valence-electron chi connectivity index (χ0n) is 19.0. The van der Waals surface area contributed by atoms with Gasteiger partial charge in [0.05, 0.1) is 12.1 Å². The third-order valence-corrected chi connectivity index (χ3v) is 6.84. The summed E-state index contributed by atoms with van der Waals surface area (Å²) in [6, 6.07) is 15.5. The van der Waals surface area contributed by atoms with E-state index in [1.807, 2.05) is 0 Å². The summed E-state index contributed by atoms with van der Waals surface area (Å²) in [7, 11) is 3.55. The molecule has 0 unspecified atom stereocenters. The second-order valence-electron chi connectivity index (χ2n) is 8.88. The molecule has 34 heavy (non-hydrogen) atoms. The zero-order chi connectivity index (χ0) is 24.2. The smallest absolute Gasteiger partial charge is 0.248 e. The molecule has 1 aliphatic carbocycles. The monoisotopic (exact) mass is 457 g/mol. The van der Waals surface area contributed by atoms with Crippen LogP contribution in [-0.2, 0) is 21.5 Å². The van der Waals surface area contributed by atoms with Gasteiger partial charge in [0.15, 0.2) is 5.78 Å². The summed E-state index contributed by atoms with van der Waals surface area (Å²) in [4.78, 5) is 29.4. The van der Waals surface area contributed by atoms with Crippen LogP contribution in [0.2, 0.25) is 0 Å². The normalized spacial score (nSPS) is 22.0. The van der Waals surface area contributed by atoms with Crippen molar-refractivity contribution in [3.8, 4) is 6.07 Å². The number of allylic oxidation sites excluding steroid dienone is 1. The van der Waals surface area contributed by atoms with Crippen molar-refractivity contribution in [1.29, 1.82) is 5.26 Å². The molecule has 0 saturated carbocycles. The van der Waals surface area contributed by atoms with E-state index in [4.69, 9.17) is 5.73 Å². The fraction of sp³-hybridized carbons (Fsp3) is 0.269. The van der Waals surface area contributed by atoms with E-state index in [0.29, 0.717) is 40.9 Å². The van der Waals surface area contributed by atoms with E-state index in [-0.39, 0.29) is 30.1 Å². The van der Waals surface area contributed by atoms with Gasteiger partial charge in [-0.3, -0.25) is 14.6 Å². The molecular weight excluding hydrogens is 433 g/mol. The summed E-state index contributed by atoms with van der Waals surface area (Å²) in [5.41, 5.74) is 7.25. The second kappa shape index (κ2) is 7.82. The van der Waals surface area contributed by atoms with Gasteiger partial charge >= 0.3 is 0 Å². The second-order valence-corrected chi connectivity index (χ2v) is 8.88. The molecule has 0 saturated heterocycles. The number of halogens is 1. The Labute approximate surface area is 197 Å². The van der Waals surface area contributed by atoms with Crippen LogP contribution in [0.15, 0.2) is 71.2 Å². The third-order valence-electron chi connectivity index (χ3n) is 6.84. The molecule has 0 aromatic heterocycles. The first-order chi connectivity index (χ1) is 16.3. The van der Waals surface area contributed by atoms with E-state index in [1.54, 1.807) is 66.6 Å². The molecule has 172 valence electrons. The average Bonchev–Trinajstić information content (AvgIpc) is 3.04. The first-order valence-corrected chi connectivity index (χ1v) is 11.1. The number of Topliss-reactive ketones (excluding diaryl/α,β-unsaturated/α-hetero) is 1. The topological polar surface area (TPSA) is 93.7 Å². The van der Waals surface area contributed by atoms with Gasteiger partial charge in [0.2, 0.25) is 5.91 Å². The summed E-state index contributed by atoms with van der Waals surface area (Å²) >= 11 is 0. The Hall–Kier alpha value is -3.96. The van der Waals surface area contributed by atoms with Crippen molar-refractivity contribution in [2.45, 2.75) is 31.2 Å². The first kappa shape index (κ1) is 21.9. The number of benzene rings is 2. The van der Waals surface area contributed by atoms with Crippen molar-refractivity contribution in [3.05, 3.63) is 88.1 Å². The average molecular weight is 458 g/mol. The number of carbonyl (C=O) groups excluding carboxylic acids is 2. The largest absolute Gasteiger partial charge is 0.383 e. The Morgan fingerprint density at radius 1 is 1.12 bits per heavy atom. The van der Waals surface area contributed by atoms with Gasteiger partial charge in [-0.15, -0.1) is 0 Å². The van der Waals surface area contributed by atoms with Crippen LogP contribution in [0.25, 0.3) is 0 Å². The number of rotatable bonds is 3. The molecular formula is C26H24FN5O2. The lowest BCUT2D eigenvalue weighted by Gasteiger charge is -2.45. The minimum atomic E-state index is -1.65. The SMILES string of the molecule is CN(C)N1C(N)=C(C#N)[C@]2(C(=O)N(Cc3ccccc3F)c3ccccc32)C2=C1CCCC2=O. The standard InChI is InChI=1S/C26H24FN5O2/c1-30(2)32-21-12-7-13-22(33)23(21)26(18(14-28)24(32)29)17-9-4-6-11-20(17)31(25(26)34)15-16-8-3-5-10-19(16)27/h3-6,8-11H,7,12-13,15,29H2,1-2H3/t26-/m0/s1. The molecule has 2 aliphatic heterocycles. The van der Waals surface area contributed by atoms with Crippen LogP contribution < -0.4 is 10.6 Å². The predicted molar refractivity (Wildman–Crippen MR) is 124 cm³/mol. The molecule has 1 spiro atoms. The van der Waals surface area contributed by atoms with Gasteiger partial charge in [-0.25, -0.2) is 9.40 Å². The van der Waals surface area contributed by atoms with Crippen molar-refractivity contribution in [1.82, 2.24) is 10.0 Å². The van der Waals surface area contributed by atoms with Crippen LogP contribution in [0, 0.1) is 17.1 Å². The van der Waals surface area contributed by atoms with Gasteiger partial charge in [-0.1, -0.05) is 36.4 Å². The van der Waals surface area contributed by atoms with Crippen molar-refractivity contribution < 1.29 is 14.0 Å². The molecule has 3 aliphatic rings. The maximum atomic E-state index is 14.6. The molecule has 2 heterocycles. The Kier molecular flexibility index (Phi) is 5.03. The number of fused-ring (bicyclic) bond motifs is 3. The number of carbonyl (C=O) groups is 2.